The van der Waals surface area contributed by atoms with Gasteiger partial charge in [0.1, 0.15) is 6.04 Å². The van der Waals surface area contributed by atoms with Crippen molar-refractivity contribution in [2.24, 2.45) is 5.41 Å². The molecule has 2 N–H and O–H groups in total. The molecule has 1 aromatic carbocycles. The number of aliphatic carboxylic acids is 1. The zero-order chi connectivity index (χ0) is 14.5. The van der Waals surface area contributed by atoms with Crippen molar-refractivity contribution in [3.05, 3.63) is 35.9 Å². The fraction of sp³-hybridized carbons (Fsp3) is 0.562. The van der Waals surface area contributed by atoms with E-state index in [4.69, 9.17) is 0 Å². The number of halogens is 1. The summed E-state index contributed by atoms with van der Waals surface area (Å²) < 4.78 is 0. The Hall–Kier alpha value is -1.06. The van der Waals surface area contributed by atoms with Crippen molar-refractivity contribution in [2.45, 2.75) is 52.6 Å². The van der Waals surface area contributed by atoms with Crippen LogP contribution in [-0.4, -0.2) is 17.1 Å². The second-order valence-electron chi connectivity index (χ2n) is 6.29. The van der Waals surface area contributed by atoms with Crippen LogP contribution in [0.1, 0.15) is 52.1 Å². The van der Waals surface area contributed by atoms with E-state index in [9.17, 15) is 9.90 Å². The Labute approximate surface area is 128 Å². The highest BCUT2D eigenvalue weighted by atomic mass is 35.5. The molecule has 0 unspecified atom stereocenters. The minimum absolute atomic E-state index is 0. The lowest BCUT2D eigenvalue weighted by molar-refractivity contribution is -0.140. The molecular weight excluding hydrogens is 274 g/mol. The van der Waals surface area contributed by atoms with Crippen LogP contribution in [0.5, 0.6) is 0 Å². The van der Waals surface area contributed by atoms with Gasteiger partial charge in [0.15, 0.2) is 0 Å². The van der Waals surface area contributed by atoms with Gasteiger partial charge < -0.3 is 5.11 Å². The number of carboxylic acids is 1. The predicted molar refractivity (Wildman–Crippen MR) is 85.4 cm³/mol. The molecule has 3 nitrogen and oxygen atoms in total. The summed E-state index contributed by atoms with van der Waals surface area (Å²) in [6, 6.07) is 9.49. The highest BCUT2D eigenvalue weighted by Gasteiger charge is 2.22. The Morgan fingerprint density at radius 1 is 1.25 bits per heavy atom. The Kier molecular flexibility index (Phi) is 7.84. The van der Waals surface area contributed by atoms with Crippen LogP contribution in [0.3, 0.4) is 0 Å². The second-order valence-corrected chi connectivity index (χ2v) is 6.29. The first kappa shape index (κ1) is 18.9. The molecule has 4 heteroatoms. The maximum Gasteiger partial charge on any atom is 0.320 e. The Bertz CT molecular complexity index is 401. The molecule has 0 saturated heterocycles. The molecule has 0 aliphatic heterocycles. The van der Waals surface area contributed by atoms with Crippen LogP contribution >= 0.6 is 12.4 Å². The molecule has 0 radical (unpaired) electrons. The zero-order valence-corrected chi connectivity index (χ0v) is 13.5. The molecule has 0 aliphatic rings. The van der Waals surface area contributed by atoms with Gasteiger partial charge in [-0.25, -0.2) is 0 Å². The van der Waals surface area contributed by atoms with Crippen molar-refractivity contribution >= 4 is 18.4 Å². The van der Waals surface area contributed by atoms with E-state index < -0.39 is 12.0 Å². The average Bonchev–Trinajstić information content (AvgIpc) is 2.33. The van der Waals surface area contributed by atoms with Crippen LogP contribution in [0.15, 0.2) is 30.3 Å². The summed E-state index contributed by atoms with van der Waals surface area (Å²) in [5, 5.41) is 12.5. The van der Waals surface area contributed by atoms with E-state index in [1.54, 1.807) is 0 Å². The molecule has 0 amide bonds. The molecule has 0 spiro atoms. The van der Waals surface area contributed by atoms with E-state index in [1.807, 2.05) is 37.3 Å². The van der Waals surface area contributed by atoms with Crippen LogP contribution in [0.25, 0.3) is 0 Å². The van der Waals surface area contributed by atoms with E-state index in [0.717, 1.165) is 12.0 Å². The Balaban J connectivity index is 0.00000361. The zero-order valence-electron chi connectivity index (χ0n) is 12.7. The van der Waals surface area contributed by atoms with Crippen molar-refractivity contribution in [3.63, 3.8) is 0 Å². The van der Waals surface area contributed by atoms with Crippen molar-refractivity contribution < 1.29 is 9.90 Å². The van der Waals surface area contributed by atoms with E-state index in [2.05, 4.69) is 26.1 Å². The van der Waals surface area contributed by atoms with Crippen LogP contribution < -0.4 is 5.32 Å². The summed E-state index contributed by atoms with van der Waals surface area (Å²) in [7, 11) is 0. The first-order valence-corrected chi connectivity index (χ1v) is 6.83. The van der Waals surface area contributed by atoms with Crippen LogP contribution in [0.2, 0.25) is 0 Å². The molecule has 0 aromatic heterocycles. The molecule has 0 bridgehead atoms. The third-order valence-electron chi connectivity index (χ3n) is 3.23. The fourth-order valence-corrected chi connectivity index (χ4v) is 2.00. The van der Waals surface area contributed by atoms with Crippen LogP contribution in [0, 0.1) is 5.41 Å². The minimum Gasteiger partial charge on any atom is -0.480 e. The number of nitrogens with one attached hydrogen (secondary N) is 1. The van der Waals surface area contributed by atoms with Gasteiger partial charge in [-0.1, -0.05) is 51.1 Å². The standard InChI is InChI=1S/C16H25NO2.ClH/c1-12(13-8-6-5-7-9-13)17-14(15(18)19)10-11-16(2,3)4;/h5-9,12,14,17H,10-11H2,1-4H3,(H,18,19);1H/t12-,14+;/m1./s1. The third-order valence-corrected chi connectivity index (χ3v) is 3.23. The van der Waals surface area contributed by atoms with Gasteiger partial charge in [0.2, 0.25) is 0 Å². The molecule has 0 aliphatic carbocycles. The molecule has 2 atom stereocenters. The quantitative estimate of drug-likeness (QED) is 0.833. The van der Waals surface area contributed by atoms with Gasteiger partial charge >= 0.3 is 5.97 Å². The van der Waals surface area contributed by atoms with Crippen molar-refractivity contribution in [3.8, 4) is 0 Å². The molecular formula is C16H26ClNO2. The monoisotopic (exact) mass is 299 g/mol. The number of hydrogen-bond acceptors (Lipinski definition) is 2. The Morgan fingerprint density at radius 3 is 2.25 bits per heavy atom. The SMILES string of the molecule is C[C@@H](N[C@@H](CCC(C)(C)C)C(=O)O)c1ccccc1.Cl. The fourth-order valence-electron chi connectivity index (χ4n) is 2.00. The predicted octanol–water partition coefficient (Wildman–Crippen LogP) is 4.04. The van der Waals surface area contributed by atoms with Gasteiger partial charge in [0.25, 0.3) is 0 Å². The largest absolute Gasteiger partial charge is 0.480 e. The van der Waals surface area contributed by atoms with Crippen LogP contribution in [-0.2, 0) is 4.79 Å². The second kappa shape index (κ2) is 8.28. The topological polar surface area (TPSA) is 49.3 Å². The minimum atomic E-state index is -0.771. The lowest BCUT2D eigenvalue weighted by Crippen LogP contribution is -2.38. The molecule has 0 fully saturated rings. The molecule has 20 heavy (non-hydrogen) atoms. The van der Waals surface area contributed by atoms with Crippen molar-refractivity contribution in [2.75, 3.05) is 0 Å². The summed E-state index contributed by atoms with van der Waals surface area (Å²) in [6.45, 7) is 8.40. The maximum atomic E-state index is 11.3. The number of carbonyl (C=O) groups is 1. The molecule has 1 aromatic rings. The molecule has 114 valence electrons. The number of carboxylic acid groups (broad SMARTS) is 1. The average molecular weight is 300 g/mol. The normalized spacial score (nSPS) is 14.2. The van der Waals surface area contributed by atoms with Crippen LogP contribution in [0.4, 0.5) is 0 Å². The summed E-state index contributed by atoms with van der Waals surface area (Å²) in [5.41, 5.74) is 1.27. The number of rotatable bonds is 6. The van der Waals surface area contributed by atoms with E-state index >= 15 is 0 Å². The first-order valence-electron chi connectivity index (χ1n) is 6.83. The van der Waals surface area contributed by atoms with Gasteiger partial charge in [0.05, 0.1) is 0 Å². The third kappa shape index (κ3) is 6.92. The summed E-state index contributed by atoms with van der Waals surface area (Å²) in [5.74, 6) is -0.771. The first-order chi connectivity index (χ1) is 8.79. The van der Waals surface area contributed by atoms with Gasteiger partial charge in [-0.3, -0.25) is 10.1 Å². The van der Waals surface area contributed by atoms with Gasteiger partial charge in [-0.05, 0) is 30.7 Å². The van der Waals surface area contributed by atoms with Crippen molar-refractivity contribution in [1.29, 1.82) is 0 Å². The van der Waals surface area contributed by atoms with Gasteiger partial charge in [-0.15, -0.1) is 12.4 Å². The lowest BCUT2D eigenvalue weighted by atomic mass is 9.88. The summed E-state index contributed by atoms with van der Waals surface area (Å²) in [6.07, 6.45) is 1.54. The maximum absolute atomic E-state index is 11.3. The summed E-state index contributed by atoms with van der Waals surface area (Å²) in [4.78, 5) is 11.3. The van der Waals surface area contributed by atoms with E-state index in [0.29, 0.717) is 6.42 Å². The van der Waals surface area contributed by atoms with Gasteiger partial charge in [0, 0.05) is 6.04 Å². The highest BCUT2D eigenvalue weighted by molar-refractivity contribution is 5.85. The molecule has 1 rings (SSSR count). The molecule has 0 heterocycles. The summed E-state index contributed by atoms with van der Waals surface area (Å²) >= 11 is 0. The van der Waals surface area contributed by atoms with Gasteiger partial charge in [-0.2, -0.15) is 0 Å². The number of benzene rings is 1. The lowest BCUT2D eigenvalue weighted by Gasteiger charge is -2.24. The van der Waals surface area contributed by atoms with E-state index in [-0.39, 0.29) is 23.9 Å². The smallest absolute Gasteiger partial charge is 0.320 e. The highest BCUT2D eigenvalue weighted by Crippen LogP contribution is 2.22. The molecule has 0 saturated carbocycles. The van der Waals surface area contributed by atoms with Crippen molar-refractivity contribution in [1.82, 2.24) is 5.32 Å². The Morgan fingerprint density at radius 2 is 1.80 bits per heavy atom. The number of hydrogen-bond donors (Lipinski definition) is 2. The van der Waals surface area contributed by atoms with E-state index in [1.165, 1.54) is 0 Å².